The first-order valence-corrected chi connectivity index (χ1v) is 8.33. The topological polar surface area (TPSA) is 76.4 Å². The number of aromatic nitrogens is 2. The lowest BCUT2D eigenvalue weighted by atomic mass is 10.1. The van der Waals surface area contributed by atoms with E-state index in [4.69, 9.17) is 4.74 Å². The summed E-state index contributed by atoms with van der Waals surface area (Å²) in [5, 5.41) is 16.6. The molecule has 1 aromatic heterocycles. The summed E-state index contributed by atoms with van der Waals surface area (Å²) >= 11 is 0. The lowest BCUT2D eigenvalue weighted by Crippen LogP contribution is -2.35. The molecule has 0 aliphatic carbocycles. The number of hydrogen-bond acceptors (Lipinski definition) is 4. The standard InChI is InChI=1S/C20H21N3O3/c1-14(13-24)21-20(25)18-12-23(16-8-4-3-5-9-16)22-19(18)15-7-6-10-17(11-15)26-2/h3-12,14,24H,13H2,1-2H3,(H,21,25). The number of rotatable bonds is 6. The third-order valence-electron chi connectivity index (χ3n) is 3.97. The number of aliphatic hydroxyl groups excluding tert-OH is 1. The number of benzene rings is 2. The second-order valence-electron chi connectivity index (χ2n) is 5.96. The average Bonchev–Trinajstić information content (AvgIpc) is 3.14. The summed E-state index contributed by atoms with van der Waals surface area (Å²) in [5.74, 6) is 0.401. The second-order valence-corrected chi connectivity index (χ2v) is 5.96. The molecule has 6 heteroatoms. The fourth-order valence-electron chi connectivity index (χ4n) is 2.58. The van der Waals surface area contributed by atoms with E-state index in [0.29, 0.717) is 17.0 Å². The van der Waals surface area contributed by atoms with Gasteiger partial charge in [-0.2, -0.15) is 5.10 Å². The van der Waals surface area contributed by atoms with Crippen molar-refractivity contribution in [1.82, 2.24) is 15.1 Å². The number of ether oxygens (including phenoxy) is 1. The van der Waals surface area contributed by atoms with Gasteiger partial charge in [-0.05, 0) is 31.2 Å². The summed E-state index contributed by atoms with van der Waals surface area (Å²) in [7, 11) is 1.60. The summed E-state index contributed by atoms with van der Waals surface area (Å²) in [6, 6.07) is 16.6. The van der Waals surface area contributed by atoms with Crippen LogP contribution in [0.1, 0.15) is 17.3 Å². The Bertz CT molecular complexity index is 890. The van der Waals surface area contributed by atoms with E-state index < -0.39 is 0 Å². The van der Waals surface area contributed by atoms with Gasteiger partial charge in [0.15, 0.2) is 0 Å². The molecule has 0 aliphatic rings. The molecule has 1 amide bonds. The van der Waals surface area contributed by atoms with Gasteiger partial charge >= 0.3 is 0 Å². The van der Waals surface area contributed by atoms with E-state index in [2.05, 4.69) is 10.4 Å². The highest BCUT2D eigenvalue weighted by molar-refractivity contribution is 6.00. The minimum atomic E-state index is -0.347. The minimum absolute atomic E-state index is 0.132. The molecule has 0 aliphatic heterocycles. The average molecular weight is 351 g/mol. The molecule has 0 saturated heterocycles. The van der Waals surface area contributed by atoms with Crippen LogP contribution in [0.15, 0.2) is 60.8 Å². The smallest absolute Gasteiger partial charge is 0.255 e. The molecule has 134 valence electrons. The number of carbonyl (C=O) groups excluding carboxylic acids is 1. The van der Waals surface area contributed by atoms with E-state index in [1.54, 1.807) is 24.9 Å². The molecule has 2 aromatic carbocycles. The zero-order chi connectivity index (χ0) is 18.5. The van der Waals surface area contributed by atoms with E-state index in [0.717, 1.165) is 11.3 Å². The van der Waals surface area contributed by atoms with Crippen LogP contribution in [0.5, 0.6) is 5.75 Å². The van der Waals surface area contributed by atoms with Gasteiger partial charge in [0.05, 0.1) is 25.0 Å². The second kappa shape index (κ2) is 7.84. The van der Waals surface area contributed by atoms with Crippen LogP contribution in [0.4, 0.5) is 0 Å². The molecule has 3 rings (SSSR count). The molecule has 1 atom stereocenters. The van der Waals surface area contributed by atoms with Crippen molar-refractivity contribution in [3.05, 3.63) is 66.4 Å². The zero-order valence-corrected chi connectivity index (χ0v) is 14.7. The minimum Gasteiger partial charge on any atom is -0.497 e. The SMILES string of the molecule is COc1cccc(-c2nn(-c3ccccc3)cc2C(=O)NC(C)CO)c1. The number of nitrogens with one attached hydrogen (secondary N) is 1. The Morgan fingerprint density at radius 3 is 2.69 bits per heavy atom. The molecule has 1 unspecified atom stereocenters. The molecule has 0 radical (unpaired) electrons. The number of hydrogen-bond donors (Lipinski definition) is 2. The molecular formula is C20H21N3O3. The van der Waals surface area contributed by atoms with Crippen LogP contribution in [0.3, 0.4) is 0 Å². The van der Waals surface area contributed by atoms with Gasteiger partial charge < -0.3 is 15.2 Å². The number of para-hydroxylation sites is 1. The first-order valence-electron chi connectivity index (χ1n) is 8.33. The largest absolute Gasteiger partial charge is 0.497 e. The van der Waals surface area contributed by atoms with Crippen molar-refractivity contribution in [2.45, 2.75) is 13.0 Å². The molecule has 2 N–H and O–H groups in total. The fraction of sp³-hybridized carbons (Fsp3) is 0.200. The van der Waals surface area contributed by atoms with Crippen LogP contribution in [0.2, 0.25) is 0 Å². The van der Waals surface area contributed by atoms with Crippen molar-refractivity contribution in [3.63, 3.8) is 0 Å². The van der Waals surface area contributed by atoms with Crippen molar-refractivity contribution in [3.8, 4) is 22.7 Å². The van der Waals surface area contributed by atoms with Crippen LogP contribution in [-0.2, 0) is 0 Å². The van der Waals surface area contributed by atoms with Crippen molar-refractivity contribution < 1.29 is 14.6 Å². The van der Waals surface area contributed by atoms with Crippen LogP contribution >= 0.6 is 0 Å². The monoisotopic (exact) mass is 351 g/mol. The highest BCUT2D eigenvalue weighted by Crippen LogP contribution is 2.27. The van der Waals surface area contributed by atoms with E-state index in [9.17, 15) is 9.90 Å². The van der Waals surface area contributed by atoms with Crippen LogP contribution in [-0.4, -0.2) is 40.6 Å². The van der Waals surface area contributed by atoms with Crippen molar-refractivity contribution >= 4 is 5.91 Å². The molecule has 1 heterocycles. The van der Waals surface area contributed by atoms with E-state index in [-0.39, 0.29) is 18.6 Å². The van der Waals surface area contributed by atoms with Gasteiger partial charge in [0.2, 0.25) is 0 Å². The maximum atomic E-state index is 12.7. The van der Waals surface area contributed by atoms with Crippen molar-refractivity contribution in [1.29, 1.82) is 0 Å². The number of aliphatic hydroxyl groups is 1. The maximum Gasteiger partial charge on any atom is 0.255 e. The van der Waals surface area contributed by atoms with E-state index in [1.165, 1.54) is 0 Å². The predicted molar refractivity (Wildman–Crippen MR) is 99.6 cm³/mol. The lowest BCUT2D eigenvalue weighted by molar-refractivity contribution is 0.0923. The van der Waals surface area contributed by atoms with Gasteiger partial charge in [-0.1, -0.05) is 30.3 Å². The molecule has 0 spiro atoms. The molecule has 0 bridgehead atoms. The zero-order valence-electron chi connectivity index (χ0n) is 14.7. The van der Waals surface area contributed by atoms with Crippen molar-refractivity contribution in [2.75, 3.05) is 13.7 Å². The number of methoxy groups -OCH3 is 1. The highest BCUT2D eigenvalue weighted by atomic mass is 16.5. The Balaban J connectivity index is 2.08. The van der Waals surface area contributed by atoms with E-state index in [1.807, 2.05) is 54.6 Å². The third-order valence-corrected chi connectivity index (χ3v) is 3.97. The summed E-state index contributed by atoms with van der Waals surface area (Å²) in [6.07, 6.45) is 1.70. The molecule has 0 saturated carbocycles. The number of carbonyl (C=O) groups is 1. The van der Waals surface area contributed by atoms with Gasteiger partial charge in [0.25, 0.3) is 5.91 Å². The first kappa shape index (κ1) is 17.7. The summed E-state index contributed by atoms with van der Waals surface area (Å²) in [5.41, 5.74) is 2.62. The molecule has 26 heavy (non-hydrogen) atoms. The number of amides is 1. The quantitative estimate of drug-likeness (QED) is 0.716. The van der Waals surface area contributed by atoms with Crippen LogP contribution in [0, 0.1) is 0 Å². The fourth-order valence-corrected chi connectivity index (χ4v) is 2.58. The molecule has 3 aromatic rings. The van der Waals surface area contributed by atoms with Gasteiger partial charge in [0, 0.05) is 17.8 Å². The van der Waals surface area contributed by atoms with E-state index >= 15 is 0 Å². The number of nitrogens with zero attached hydrogens (tertiary/aromatic N) is 2. The Labute approximate surface area is 152 Å². The first-order chi connectivity index (χ1) is 12.6. The molecule has 6 nitrogen and oxygen atoms in total. The van der Waals surface area contributed by atoms with Gasteiger partial charge in [-0.25, -0.2) is 4.68 Å². The van der Waals surface area contributed by atoms with Gasteiger partial charge in [-0.3, -0.25) is 4.79 Å². The Morgan fingerprint density at radius 2 is 2.00 bits per heavy atom. The lowest BCUT2D eigenvalue weighted by Gasteiger charge is -2.10. The third kappa shape index (κ3) is 3.75. The predicted octanol–water partition coefficient (Wildman–Crippen LogP) is 2.66. The maximum absolute atomic E-state index is 12.7. The Hall–Kier alpha value is -3.12. The molecule has 0 fully saturated rings. The summed E-state index contributed by atoms with van der Waals surface area (Å²) < 4.78 is 6.96. The van der Waals surface area contributed by atoms with Crippen LogP contribution in [0.25, 0.3) is 16.9 Å². The van der Waals surface area contributed by atoms with Gasteiger partial charge in [0.1, 0.15) is 11.4 Å². The summed E-state index contributed by atoms with van der Waals surface area (Å²) in [4.78, 5) is 12.7. The Kier molecular flexibility index (Phi) is 5.34. The molecular weight excluding hydrogens is 330 g/mol. The van der Waals surface area contributed by atoms with Gasteiger partial charge in [-0.15, -0.1) is 0 Å². The Morgan fingerprint density at radius 1 is 1.23 bits per heavy atom. The summed E-state index contributed by atoms with van der Waals surface area (Å²) in [6.45, 7) is 1.61. The normalized spacial score (nSPS) is 11.8. The highest BCUT2D eigenvalue weighted by Gasteiger charge is 2.20. The van der Waals surface area contributed by atoms with Crippen LogP contribution < -0.4 is 10.1 Å². The van der Waals surface area contributed by atoms with Crippen molar-refractivity contribution in [2.24, 2.45) is 0 Å².